The van der Waals surface area contributed by atoms with Crippen LogP contribution >= 0.6 is 0 Å². The van der Waals surface area contributed by atoms with E-state index in [1.807, 2.05) is 0 Å². The van der Waals surface area contributed by atoms with E-state index in [0.29, 0.717) is 5.92 Å². The number of rotatable bonds is 2. The van der Waals surface area contributed by atoms with Gasteiger partial charge in [0.25, 0.3) is 6.39 Å². The highest BCUT2D eigenvalue weighted by Crippen LogP contribution is 1.87. The van der Waals surface area contributed by atoms with Gasteiger partial charge in [-0.25, -0.2) is 0 Å². The van der Waals surface area contributed by atoms with E-state index in [9.17, 15) is 0 Å². The number of hydrogen-bond donors (Lipinski definition) is 0. The van der Waals surface area contributed by atoms with Gasteiger partial charge in [0.15, 0.2) is 0 Å². The van der Waals surface area contributed by atoms with Gasteiger partial charge >= 0.3 is 0 Å². The van der Waals surface area contributed by atoms with Crippen LogP contribution in [0.25, 0.3) is 0 Å². The van der Waals surface area contributed by atoms with E-state index in [-0.39, 0.29) is 0 Å². The summed E-state index contributed by atoms with van der Waals surface area (Å²) in [5, 5.41) is 7.38. The van der Waals surface area contributed by atoms with Crippen LogP contribution < -0.4 is 4.80 Å². The first-order chi connectivity index (χ1) is 4.29. The van der Waals surface area contributed by atoms with Crippen molar-refractivity contribution in [1.29, 1.82) is 0 Å². The SMILES string of the molecule is CC(C)C[n+]1ncon1. The van der Waals surface area contributed by atoms with Crippen molar-refractivity contribution in [3.63, 3.8) is 0 Å². The molecule has 1 aromatic rings. The molecule has 0 bridgehead atoms. The molecule has 4 heteroatoms. The fraction of sp³-hybridized carbons (Fsp3) is 0.800. The third kappa shape index (κ3) is 1.79. The maximum Gasteiger partial charge on any atom is 0.284 e. The van der Waals surface area contributed by atoms with Gasteiger partial charge in [-0.2, -0.15) is 0 Å². The average Bonchev–Trinajstić information content (AvgIpc) is 2.15. The summed E-state index contributed by atoms with van der Waals surface area (Å²) in [6, 6.07) is 0. The van der Waals surface area contributed by atoms with Crippen LogP contribution in [-0.2, 0) is 6.54 Å². The molecule has 0 N–H and O–H groups in total. The van der Waals surface area contributed by atoms with E-state index in [4.69, 9.17) is 0 Å². The molecule has 1 aromatic heterocycles. The van der Waals surface area contributed by atoms with Crippen LogP contribution in [0.1, 0.15) is 13.8 Å². The summed E-state index contributed by atoms with van der Waals surface area (Å²) in [7, 11) is 0. The first-order valence-corrected chi connectivity index (χ1v) is 2.96. The van der Waals surface area contributed by atoms with Crippen LogP contribution in [0.4, 0.5) is 0 Å². The molecule has 0 atom stereocenters. The molecule has 0 spiro atoms. The molecule has 0 aromatic carbocycles. The minimum absolute atomic E-state index is 0.563. The van der Waals surface area contributed by atoms with Crippen molar-refractivity contribution >= 4 is 0 Å². The normalized spacial score (nSPS) is 10.6. The third-order valence-electron chi connectivity index (χ3n) is 0.897. The topological polar surface area (TPSA) is 42.8 Å². The average molecular weight is 128 g/mol. The van der Waals surface area contributed by atoms with Gasteiger partial charge in [-0.05, 0) is 0 Å². The Kier molecular flexibility index (Phi) is 1.77. The van der Waals surface area contributed by atoms with Gasteiger partial charge in [0.05, 0.1) is 9.90 Å². The van der Waals surface area contributed by atoms with Crippen LogP contribution in [-0.4, -0.2) is 10.4 Å². The summed E-state index contributed by atoms with van der Waals surface area (Å²) in [6.07, 6.45) is 1.32. The molecule has 0 aliphatic carbocycles. The Labute approximate surface area is 53.4 Å². The van der Waals surface area contributed by atoms with E-state index in [2.05, 4.69) is 28.7 Å². The Morgan fingerprint density at radius 2 is 2.44 bits per heavy atom. The van der Waals surface area contributed by atoms with E-state index in [1.165, 1.54) is 11.2 Å². The molecule has 0 aliphatic heterocycles. The molecule has 0 amide bonds. The van der Waals surface area contributed by atoms with Crippen molar-refractivity contribution in [3.05, 3.63) is 6.39 Å². The van der Waals surface area contributed by atoms with Crippen LogP contribution in [0.2, 0.25) is 0 Å². The van der Waals surface area contributed by atoms with Gasteiger partial charge in [0, 0.05) is 5.92 Å². The van der Waals surface area contributed by atoms with Crippen molar-refractivity contribution < 1.29 is 9.32 Å². The Bertz CT molecular complexity index is 159. The molecule has 1 rings (SSSR count). The Hall–Kier alpha value is -0.930. The monoisotopic (exact) mass is 128 g/mol. The van der Waals surface area contributed by atoms with Crippen molar-refractivity contribution in [3.8, 4) is 0 Å². The number of aromatic nitrogens is 3. The molecule has 9 heavy (non-hydrogen) atoms. The van der Waals surface area contributed by atoms with Gasteiger partial charge < -0.3 is 0 Å². The largest absolute Gasteiger partial charge is 0.287 e. The van der Waals surface area contributed by atoms with Gasteiger partial charge in [-0.1, -0.05) is 13.8 Å². The maximum absolute atomic E-state index is 4.52. The van der Waals surface area contributed by atoms with E-state index in [0.717, 1.165) is 6.54 Å². The Balaban J connectivity index is 2.48. The van der Waals surface area contributed by atoms with Gasteiger partial charge in [-0.3, -0.25) is 4.52 Å². The summed E-state index contributed by atoms with van der Waals surface area (Å²) in [6.45, 7) is 5.02. The van der Waals surface area contributed by atoms with Crippen molar-refractivity contribution in [2.75, 3.05) is 0 Å². The zero-order valence-corrected chi connectivity index (χ0v) is 5.61. The predicted molar refractivity (Wildman–Crippen MR) is 29.3 cm³/mol. The zero-order valence-electron chi connectivity index (χ0n) is 5.61. The Morgan fingerprint density at radius 3 is 2.89 bits per heavy atom. The number of nitrogens with zero attached hydrogens (tertiary/aromatic N) is 3. The van der Waals surface area contributed by atoms with Crippen molar-refractivity contribution in [2.24, 2.45) is 5.92 Å². The highest BCUT2D eigenvalue weighted by Gasteiger charge is 2.07. The van der Waals surface area contributed by atoms with E-state index >= 15 is 0 Å². The van der Waals surface area contributed by atoms with Crippen LogP contribution in [0.15, 0.2) is 10.9 Å². The van der Waals surface area contributed by atoms with E-state index < -0.39 is 0 Å². The first-order valence-electron chi connectivity index (χ1n) is 2.96. The van der Waals surface area contributed by atoms with Gasteiger partial charge in [0.2, 0.25) is 11.8 Å². The molecular formula is C5H10N3O+. The van der Waals surface area contributed by atoms with E-state index in [1.54, 1.807) is 0 Å². The quantitative estimate of drug-likeness (QED) is 0.527. The minimum atomic E-state index is 0.563. The fourth-order valence-corrected chi connectivity index (χ4v) is 0.579. The Morgan fingerprint density at radius 1 is 1.67 bits per heavy atom. The van der Waals surface area contributed by atoms with Crippen molar-refractivity contribution in [2.45, 2.75) is 20.4 Å². The lowest BCUT2D eigenvalue weighted by Gasteiger charge is -1.88. The summed E-state index contributed by atoms with van der Waals surface area (Å²) in [5.74, 6) is 0.563. The van der Waals surface area contributed by atoms with Crippen LogP contribution in [0.3, 0.4) is 0 Å². The molecule has 0 saturated heterocycles. The molecule has 0 saturated carbocycles. The summed E-state index contributed by atoms with van der Waals surface area (Å²) >= 11 is 0. The second-order valence-corrected chi connectivity index (χ2v) is 2.36. The summed E-state index contributed by atoms with van der Waals surface area (Å²) < 4.78 is 4.52. The lowest BCUT2D eigenvalue weighted by Crippen LogP contribution is -2.40. The van der Waals surface area contributed by atoms with Gasteiger partial charge in [0.1, 0.15) is 0 Å². The summed E-state index contributed by atoms with van der Waals surface area (Å²) in [5.41, 5.74) is 0. The smallest absolute Gasteiger partial charge is 0.284 e. The number of hydrogen-bond acceptors (Lipinski definition) is 3. The molecule has 0 radical (unpaired) electrons. The zero-order chi connectivity index (χ0) is 6.69. The molecule has 0 aliphatic rings. The molecule has 50 valence electrons. The second-order valence-electron chi connectivity index (χ2n) is 2.36. The summed E-state index contributed by atoms with van der Waals surface area (Å²) in [4.78, 5) is 1.53. The lowest BCUT2D eigenvalue weighted by molar-refractivity contribution is -0.816. The molecule has 4 nitrogen and oxygen atoms in total. The fourth-order valence-electron chi connectivity index (χ4n) is 0.579. The molecular weight excluding hydrogens is 118 g/mol. The highest BCUT2D eigenvalue weighted by molar-refractivity contribution is 4.26. The lowest BCUT2D eigenvalue weighted by atomic mass is 10.2. The molecule has 0 fully saturated rings. The van der Waals surface area contributed by atoms with Gasteiger partial charge in [-0.15, -0.1) is 0 Å². The molecule has 0 unspecified atom stereocenters. The standard InChI is InChI=1S/C5H10N3O/c1-5(2)3-8-6-4-9-7-8/h4-5H,3H2,1-2H3/q+1. The minimum Gasteiger partial charge on any atom is -0.287 e. The van der Waals surface area contributed by atoms with Crippen molar-refractivity contribution in [1.82, 2.24) is 10.4 Å². The molecule has 1 heterocycles. The van der Waals surface area contributed by atoms with Crippen LogP contribution in [0.5, 0.6) is 0 Å². The van der Waals surface area contributed by atoms with Crippen LogP contribution in [0, 0.1) is 5.92 Å². The maximum atomic E-state index is 4.52. The second kappa shape index (κ2) is 2.57. The highest BCUT2D eigenvalue weighted by atomic mass is 16.5. The first kappa shape index (κ1) is 6.19. The third-order valence-corrected chi connectivity index (χ3v) is 0.897. The predicted octanol–water partition coefficient (Wildman–Crippen LogP) is 0.0131.